The maximum Gasteiger partial charge on any atom is 0.338 e. The van der Waals surface area contributed by atoms with Crippen LogP contribution in [-0.4, -0.2) is 24.8 Å². The number of hydrogen-bond donors (Lipinski definition) is 0. The van der Waals surface area contributed by atoms with Crippen LogP contribution in [0, 0.1) is 0 Å². The van der Waals surface area contributed by atoms with Gasteiger partial charge in [-0.15, -0.1) is 11.3 Å². The lowest BCUT2D eigenvalue weighted by molar-refractivity contribution is -0.140. The van der Waals surface area contributed by atoms with Crippen LogP contribution in [0.1, 0.15) is 29.0 Å². The number of aromatic nitrogens is 1. The van der Waals surface area contributed by atoms with Crippen molar-refractivity contribution in [2.45, 2.75) is 19.6 Å². The first-order valence-corrected chi connectivity index (χ1v) is 13.2. The van der Waals surface area contributed by atoms with E-state index in [-0.39, 0.29) is 12.2 Å². The van der Waals surface area contributed by atoms with Gasteiger partial charge in [-0.05, 0) is 36.1 Å². The molecule has 2 aromatic heterocycles. The lowest BCUT2D eigenvalue weighted by atomic mass is 10.0. The number of thiophene rings is 1. The van der Waals surface area contributed by atoms with E-state index in [0.29, 0.717) is 37.7 Å². The van der Waals surface area contributed by atoms with E-state index >= 15 is 0 Å². The number of thiazole rings is 1. The molecule has 188 valence electrons. The molecular formula is C28H24N2O5S2. The van der Waals surface area contributed by atoms with Gasteiger partial charge < -0.3 is 14.2 Å². The fraction of sp³-hybridized carbons (Fsp3) is 0.179. The van der Waals surface area contributed by atoms with E-state index in [1.807, 2.05) is 60.0 Å². The van der Waals surface area contributed by atoms with Crippen LogP contribution >= 0.6 is 22.7 Å². The van der Waals surface area contributed by atoms with Gasteiger partial charge >= 0.3 is 5.97 Å². The van der Waals surface area contributed by atoms with Crippen LogP contribution in [0.5, 0.6) is 11.5 Å². The number of para-hydroxylation sites is 1. The van der Waals surface area contributed by atoms with Crippen molar-refractivity contribution in [1.82, 2.24) is 4.57 Å². The molecule has 0 fully saturated rings. The van der Waals surface area contributed by atoms with Crippen LogP contribution in [0.2, 0.25) is 0 Å². The number of carbonyl (C=O) groups excluding carboxylic acids is 1. The second-order valence-electron chi connectivity index (χ2n) is 8.24. The third-order valence-corrected chi connectivity index (χ3v) is 7.89. The molecule has 4 aromatic rings. The number of fused-ring (bicyclic) bond motifs is 1. The lowest BCUT2D eigenvalue weighted by Gasteiger charge is -2.23. The molecule has 0 saturated heterocycles. The molecule has 0 saturated carbocycles. The highest BCUT2D eigenvalue weighted by Gasteiger charge is 2.34. The van der Waals surface area contributed by atoms with Crippen molar-refractivity contribution in [2.24, 2.45) is 4.99 Å². The van der Waals surface area contributed by atoms with Gasteiger partial charge in [-0.2, -0.15) is 0 Å². The quantitative estimate of drug-likeness (QED) is 0.336. The summed E-state index contributed by atoms with van der Waals surface area (Å²) in [6, 6.07) is 18.2. The minimum atomic E-state index is -0.631. The Morgan fingerprint density at radius 1 is 1.05 bits per heavy atom. The van der Waals surface area contributed by atoms with Crippen molar-refractivity contribution >= 4 is 34.7 Å². The van der Waals surface area contributed by atoms with E-state index < -0.39 is 12.0 Å². The molecule has 1 atom stereocenters. The predicted molar refractivity (Wildman–Crippen MR) is 144 cm³/mol. The van der Waals surface area contributed by atoms with Crippen molar-refractivity contribution < 1.29 is 19.0 Å². The van der Waals surface area contributed by atoms with Crippen molar-refractivity contribution in [2.75, 3.05) is 14.2 Å². The Kier molecular flexibility index (Phi) is 7.07. The molecule has 0 aliphatic carbocycles. The molecule has 5 rings (SSSR count). The van der Waals surface area contributed by atoms with Gasteiger partial charge in [-0.3, -0.25) is 9.36 Å². The summed E-state index contributed by atoms with van der Waals surface area (Å²) in [7, 11) is 3.13. The summed E-state index contributed by atoms with van der Waals surface area (Å²) in [5.74, 6) is 0.610. The molecule has 0 radical (unpaired) electrons. The summed E-state index contributed by atoms with van der Waals surface area (Å²) in [6.07, 6.45) is 1.77. The number of rotatable bonds is 7. The smallest absolute Gasteiger partial charge is 0.338 e. The molecule has 37 heavy (non-hydrogen) atoms. The lowest BCUT2D eigenvalue weighted by Crippen LogP contribution is -2.39. The Hall–Kier alpha value is -3.95. The monoisotopic (exact) mass is 532 g/mol. The maximum atomic E-state index is 13.8. The van der Waals surface area contributed by atoms with E-state index in [1.165, 1.54) is 22.7 Å². The molecule has 0 spiro atoms. The number of nitrogens with zero attached hydrogens (tertiary/aromatic N) is 2. The molecule has 7 nitrogen and oxygen atoms in total. The average Bonchev–Trinajstić information content (AvgIpc) is 3.55. The summed E-state index contributed by atoms with van der Waals surface area (Å²) in [4.78, 5) is 33.2. The zero-order valence-electron chi connectivity index (χ0n) is 20.5. The summed E-state index contributed by atoms with van der Waals surface area (Å²) in [6.45, 7) is 1.91. The highest BCUT2D eigenvalue weighted by molar-refractivity contribution is 7.10. The van der Waals surface area contributed by atoms with Gasteiger partial charge in [0.05, 0.1) is 30.0 Å². The number of ether oxygens (including phenoxy) is 3. The zero-order valence-corrected chi connectivity index (χ0v) is 22.1. The normalized spacial score (nSPS) is 15.2. The van der Waals surface area contributed by atoms with Crippen molar-refractivity contribution in [3.63, 3.8) is 0 Å². The third kappa shape index (κ3) is 4.75. The van der Waals surface area contributed by atoms with E-state index in [9.17, 15) is 9.59 Å². The molecule has 0 bridgehead atoms. The summed E-state index contributed by atoms with van der Waals surface area (Å²) in [5.41, 5.74) is 2.23. The van der Waals surface area contributed by atoms with Crippen LogP contribution in [0.25, 0.3) is 6.08 Å². The Bertz CT molecular complexity index is 1650. The topological polar surface area (TPSA) is 79.1 Å². The van der Waals surface area contributed by atoms with E-state index in [2.05, 4.69) is 4.99 Å². The van der Waals surface area contributed by atoms with Gasteiger partial charge in [-0.1, -0.05) is 59.9 Å². The molecule has 1 aliphatic rings. The fourth-order valence-corrected chi connectivity index (χ4v) is 6.13. The number of allylic oxidation sites excluding steroid dienone is 1. The SMILES string of the molecule is COc1cccc(/C=c2/sc3n(c2=O)[C@H](c2cccs2)C(C(=O)OCc2ccccc2)=C(C)N=3)c1OC. The average molecular weight is 533 g/mol. The highest BCUT2D eigenvalue weighted by atomic mass is 32.1. The zero-order chi connectivity index (χ0) is 25.9. The number of methoxy groups -OCH3 is 2. The first-order chi connectivity index (χ1) is 18.0. The van der Waals surface area contributed by atoms with Gasteiger partial charge in [0.1, 0.15) is 12.6 Å². The first kappa shape index (κ1) is 24.7. The molecule has 1 aliphatic heterocycles. The molecular weight excluding hydrogens is 508 g/mol. The first-order valence-electron chi connectivity index (χ1n) is 11.5. The third-order valence-electron chi connectivity index (χ3n) is 5.99. The minimum absolute atomic E-state index is 0.133. The number of benzene rings is 2. The van der Waals surface area contributed by atoms with Gasteiger partial charge in [0.15, 0.2) is 16.3 Å². The van der Waals surface area contributed by atoms with E-state index in [0.717, 1.165) is 10.4 Å². The van der Waals surface area contributed by atoms with Crippen molar-refractivity contribution in [3.05, 3.63) is 113 Å². The van der Waals surface area contributed by atoms with Gasteiger partial charge in [0, 0.05) is 10.4 Å². The van der Waals surface area contributed by atoms with Gasteiger partial charge in [0.2, 0.25) is 0 Å². The minimum Gasteiger partial charge on any atom is -0.493 e. The molecule has 0 unspecified atom stereocenters. The van der Waals surface area contributed by atoms with Crippen molar-refractivity contribution in [1.29, 1.82) is 0 Å². The molecule has 0 amide bonds. The van der Waals surface area contributed by atoms with Gasteiger partial charge in [-0.25, -0.2) is 9.79 Å². The van der Waals surface area contributed by atoms with Crippen LogP contribution in [0.15, 0.2) is 87.1 Å². The van der Waals surface area contributed by atoms with Gasteiger partial charge in [0.25, 0.3) is 5.56 Å². The molecule has 9 heteroatoms. The summed E-state index contributed by atoms with van der Waals surface area (Å²) in [5, 5.41) is 1.93. The van der Waals surface area contributed by atoms with E-state index in [4.69, 9.17) is 14.2 Å². The van der Waals surface area contributed by atoms with Crippen LogP contribution in [-0.2, 0) is 16.1 Å². The predicted octanol–water partition coefficient (Wildman–Crippen LogP) is 4.06. The summed E-state index contributed by atoms with van der Waals surface area (Å²) < 4.78 is 18.7. The Morgan fingerprint density at radius 3 is 2.57 bits per heavy atom. The van der Waals surface area contributed by atoms with E-state index in [1.54, 1.807) is 37.9 Å². The Morgan fingerprint density at radius 2 is 1.86 bits per heavy atom. The highest BCUT2D eigenvalue weighted by Crippen LogP contribution is 2.34. The second-order valence-corrected chi connectivity index (χ2v) is 10.2. The Labute approximate surface area is 221 Å². The molecule has 2 aromatic carbocycles. The Balaban J connectivity index is 1.60. The molecule has 3 heterocycles. The van der Waals surface area contributed by atoms with Crippen LogP contribution < -0.4 is 24.4 Å². The largest absolute Gasteiger partial charge is 0.493 e. The van der Waals surface area contributed by atoms with Crippen LogP contribution in [0.4, 0.5) is 0 Å². The van der Waals surface area contributed by atoms with Crippen molar-refractivity contribution in [3.8, 4) is 11.5 Å². The number of carbonyl (C=O) groups is 1. The second kappa shape index (κ2) is 10.6. The standard InChI is InChI=1S/C28H24N2O5S2/c1-17-23(27(32)35-16-18-9-5-4-6-10-18)24(21-13-8-14-36-21)30-26(31)22(37-28(30)29-17)15-19-11-7-12-20(33-2)25(19)34-3/h4-15,24H,16H2,1-3H3/b22-15+/t24-/m1/s1. The number of esters is 1. The summed E-state index contributed by atoms with van der Waals surface area (Å²) >= 11 is 2.75. The maximum absolute atomic E-state index is 13.8. The molecule has 0 N–H and O–H groups in total. The fourth-order valence-electron chi connectivity index (χ4n) is 4.27. The van der Waals surface area contributed by atoms with Crippen LogP contribution in [0.3, 0.4) is 0 Å². The number of hydrogen-bond acceptors (Lipinski definition) is 8.